The normalized spacial score (nSPS) is 14.8. The van der Waals surface area contributed by atoms with Crippen molar-refractivity contribution in [2.24, 2.45) is 5.92 Å². The Labute approximate surface area is 112 Å². The van der Waals surface area contributed by atoms with Gasteiger partial charge < -0.3 is 11.1 Å². The molecule has 0 spiro atoms. The maximum Gasteiger partial charge on any atom is 0.177 e. The van der Waals surface area contributed by atoms with Crippen LogP contribution in [0.3, 0.4) is 0 Å². The number of nitrogens with one attached hydrogen (secondary N) is 1. The van der Waals surface area contributed by atoms with Gasteiger partial charge in [-0.3, -0.25) is 4.79 Å². The molecule has 1 heterocycles. The fraction of sp³-hybridized carbons (Fsp3) is 0.500. The van der Waals surface area contributed by atoms with E-state index in [1.165, 1.54) is 24.2 Å². The smallest absolute Gasteiger partial charge is 0.177 e. The van der Waals surface area contributed by atoms with E-state index in [1.807, 2.05) is 19.9 Å². The molecular formula is C14H20N2OS. The second-order valence-electron chi connectivity index (χ2n) is 5.05. The molecule has 1 aliphatic carbocycles. The number of thiophene rings is 1. The van der Waals surface area contributed by atoms with Gasteiger partial charge >= 0.3 is 0 Å². The highest BCUT2D eigenvalue weighted by Gasteiger charge is 2.33. The van der Waals surface area contributed by atoms with Crippen molar-refractivity contribution in [3.63, 3.8) is 0 Å². The number of hydrogen-bond acceptors (Lipinski definition) is 4. The quantitative estimate of drug-likeness (QED) is 0.609. The molecule has 2 rings (SSSR count). The molecule has 0 aliphatic heterocycles. The zero-order chi connectivity index (χ0) is 13.3. The highest BCUT2D eigenvalue weighted by atomic mass is 32.1. The molecule has 1 aromatic rings. The number of Topliss-reactive ketones (excluding diaryl/α,β-unsaturated/α-hetero) is 1. The van der Waals surface area contributed by atoms with Gasteiger partial charge in [0.2, 0.25) is 0 Å². The van der Waals surface area contributed by atoms with Gasteiger partial charge in [0.05, 0.1) is 15.6 Å². The van der Waals surface area contributed by atoms with E-state index >= 15 is 0 Å². The van der Waals surface area contributed by atoms with Gasteiger partial charge in [-0.15, -0.1) is 17.9 Å². The molecule has 1 aliphatic rings. The van der Waals surface area contributed by atoms with Crippen molar-refractivity contribution < 1.29 is 4.79 Å². The molecule has 1 fully saturated rings. The minimum Gasteiger partial charge on any atom is -0.397 e. The number of rotatable bonds is 6. The van der Waals surface area contributed by atoms with Crippen LogP contribution in [0.1, 0.15) is 47.8 Å². The molecule has 0 saturated heterocycles. The Balaban J connectivity index is 2.36. The van der Waals surface area contributed by atoms with E-state index in [1.54, 1.807) is 0 Å². The monoisotopic (exact) mass is 264 g/mol. The number of nitrogen functional groups attached to an aromatic ring is 1. The third-order valence-electron chi connectivity index (χ3n) is 3.12. The van der Waals surface area contributed by atoms with Crippen molar-refractivity contribution >= 4 is 27.8 Å². The summed E-state index contributed by atoms with van der Waals surface area (Å²) in [4.78, 5) is 12.9. The highest BCUT2D eigenvalue weighted by Crippen LogP contribution is 2.51. The summed E-state index contributed by atoms with van der Waals surface area (Å²) < 4.78 is 0. The number of hydrogen-bond donors (Lipinski definition) is 2. The minimum absolute atomic E-state index is 0.00902. The van der Waals surface area contributed by atoms with E-state index in [0.717, 1.165) is 15.4 Å². The number of carbonyl (C=O) groups excluding carboxylic acids is 1. The third-order valence-corrected chi connectivity index (χ3v) is 4.32. The second-order valence-corrected chi connectivity index (χ2v) is 6.07. The number of anilines is 2. The Morgan fingerprint density at radius 2 is 2.28 bits per heavy atom. The Morgan fingerprint density at radius 3 is 2.78 bits per heavy atom. The van der Waals surface area contributed by atoms with E-state index in [9.17, 15) is 4.79 Å². The predicted molar refractivity (Wildman–Crippen MR) is 78.6 cm³/mol. The molecule has 18 heavy (non-hydrogen) atoms. The molecule has 4 heteroatoms. The second kappa shape index (κ2) is 5.14. The molecule has 0 amide bonds. The van der Waals surface area contributed by atoms with Gasteiger partial charge in [0, 0.05) is 18.0 Å². The molecule has 1 aromatic heterocycles. The molecule has 0 aromatic carbocycles. The van der Waals surface area contributed by atoms with Crippen LogP contribution in [0.2, 0.25) is 0 Å². The Hall–Kier alpha value is -1.29. The van der Waals surface area contributed by atoms with Crippen LogP contribution in [0.15, 0.2) is 12.7 Å². The van der Waals surface area contributed by atoms with Crippen LogP contribution in [0.25, 0.3) is 0 Å². The molecule has 0 bridgehead atoms. The van der Waals surface area contributed by atoms with Gasteiger partial charge in [-0.05, 0) is 18.8 Å². The van der Waals surface area contributed by atoms with E-state index in [-0.39, 0.29) is 11.7 Å². The van der Waals surface area contributed by atoms with Crippen molar-refractivity contribution in [3.05, 3.63) is 23.1 Å². The lowest BCUT2D eigenvalue weighted by Crippen LogP contribution is -2.08. The lowest BCUT2D eigenvalue weighted by Gasteiger charge is -2.04. The van der Waals surface area contributed by atoms with Gasteiger partial charge in [0.15, 0.2) is 5.78 Å². The van der Waals surface area contributed by atoms with Crippen LogP contribution in [0.4, 0.5) is 10.7 Å². The molecule has 1 saturated carbocycles. The Kier molecular flexibility index (Phi) is 3.76. The summed E-state index contributed by atoms with van der Waals surface area (Å²) in [6.07, 6.45) is 4.18. The first-order chi connectivity index (χ1) is 8.56. The van der Waals surface area contributed by atoms with Gasteiger partial charge in [0.25, 0.3) is 0 Å². The third kappa shape index (κ3) is 2.43. The molecule has 3 nitrogen and oxygen atoms in total. The number of carbonyl (C=O) groups is 1. The van der Waals surface area contributed by atoms with Crippen molar-refractivity contribution in [1.29, 1.82) is 0 Å². The maximum atomic E-state index is 12.1. The molecule has 3 N–H and O–H groups in total. The van der Waals surface area contributed by atoms with Gasteiger partial charge in [-0.25, -0.2) is 0 Å². The van der Waals surface area contributed by atoms with Crippen molar-refractivity contribution in [3.8, 4) is 0 Å². The molecule has 98 valence electrons. The molecule has 0 unspecified atom stereocenters. The van der Waals surface area contributed by atoms with Crippen LogP contribution in [-0.4, -0.2) is 12.3 Å². The standard InChI is InChI=1S/C14H20N2OS/c1-4-7-16-14-10(9-5-6-9)11(15)13(18-14)12(17)8(2)3/h4,8-9,16H,1,5-7,15H2,2-3H3. The summed E-state index contributed by atoms with van der Waals surface area (Å²) in [5.41, 5.74) is 8.04. The zero-order valence-electron chi connectivity index (χ0n) is 11.0. The number of nitrogens with two attached hydrogens (primary N) is 1. The first-order valence-corrected chi connectivity index (χ1v) is 7.19. The molecule has 0 atom stereocenters. The van der Waals surface area contributed by atoms with Gasteiger partial charge in [0.1, 0.15) is 0 Å². The SMILES string of the molecule is C=CCNc1sc(C(=O)C(C)C)c(N)c1C1CC1. The molecular weight excluding hydrogens is 244 g/mol. The average molecular weight is 264 g/mol. The van der Waals surface area contributed by atoms with E-state index in [4.69, 9.17) is 5.73 Å². The summed E-state index contributed by atoms with van der Waals surface area (Å²) in [5.74, 6) is 0.679. The average Bonchev–Trinajstić information content (AvgIpc) is 3.10. The van der Waals surface area contributed by atoms with Crippen molar-refractivity contribution in [2.45, 2.75) is 32.6 Å². The van der Waals surface area contributed by atoms with E-state index in [0.29, 0.717) is 18.2 Å². The lowest BCUT2D eigenvalue weighted by atomic mass is 10.0. The van der Waals surface area contributed by atoms with Gasteiger partial charge in [-0.2, -0.15) is 0 Å². The topological polar surface area (TPSA) is 55.1 Å². The largest absolute Gasteiger partial charge is 0.397 e. The number of ketones is 1. The summed E-state index contributed by atoms with van der Waals surface area (Å²) in [6.45, 7) is 8.23. The fourth-order valence-corrected chi connectivity index (χ4v) is 3.28. The van der Waals surface area contributed by atoms with Crippen LogP contribution < -0.4 is 11.1 Å². The van der Waals surface area contributed by atoms with Gasteiger partial charge in [-0.1, -0.05) is 19.9 Å². The zero-order valence-corrected chi connectivity index (χ0v) is 11.8. The fourth-order valence-electron chi connectivity index (χ4n) is 1.98. The Morgan fingerprint density at radius 1 is 1.61 bits per heavy atom. The van der Waals surface area contributed by atoms with Crippen molar-refractivity contribution in [1.82, 2.24) is 0 Å². The Bertz CT molecular complexity index is 472. The van der Waals surface area contributed by atoms with Crippen LogP contribution in [0, 0.1) is 5.92 Å². The van der Waals surface area contributed by atoms with E-state index < -0.39 is 0 Å². The lowest BCUT2D eigenvalue weighted by molar-refractivity contribution is 0.0944. The highest BCUT2D eigenvalue weighted by molar-refractivity contribution is 7.18. The summed E-state index contributed by atoms with van der Waals surface area (Å²) in [7, 11) is 0. The van der Waals surface area contributed by atoms with Crippen LogP contribution >= 0.6 is 11.3 Å². The first-order valence-electron chi connectivity index (χ1n) is 6.37. The minimum atomic E-state index is -0.00902. The first kappa shape index (κ1) is 13.1. The van der Waals surface area contributed by atoms with Crippen LogP contribution in [-0.2, 0) is 0 Å². The molecule has 0 radical (unpaired) electrons. The van der Waals surface area contributed by atoms with Crippen molar-refractivity contribution in [2.75, 3.05) is 17.6 Å². The van der Waals surface area contributed by atoms with Crippen LogP contribution in [0.5, 0.6) is 0 Å². The summed E-state index contributed by atoms with van der Waals surface area (Å²) >= 11 is 1.50. The summed E-state index contributed by atoms with van der Waals surface area (Å²) in [6, 6.07) is 0. The van der Waals surface area contributed by atoms with E-state index in [2.05, 4.69) is 11.9 Å². The summed E-state index contributed by atoms with van der Waals surface area (Å²) in [5, 5.41) is 4.36. The maximum absolute atomic E-state index is 12.1. The predicted octanol–water partition coefficient (Wildman–Crippen LogP) is 3.64.